The Balaban J connectivity index is 1.49. The summed E-state index contributed by atoms with van der Waals surface area (Å²) in [6.07, 6.45) is 2.34. The van der Waals surface area contributed by atoms with Crippen LogP contribution in [-0.2, 0) is 22.5 Å². The molecular weight excluding hydrogens is 447 g/mol. The number of benzene rings is 3. The summed E-state index contributed by atoms with van der Waals surface area (Å²) in [6.45, 7) is 1.57. The van der Waals surface area contributed by atoms with Gasteiger partial charge in [-0.05, 0) is 66.4 Å². The fraction of sp³-hybridized carbons (Fsp3) is 0.286. The molecule has 0 unspecified atom stereocenters. The Morgan fingerprint density at radius 3 is 2.46 bits per heavy atom. The maximum Gasteiger partial charge on any atom is 0.258 e. The molecule has 0 saturated carbocycles. The van der Waals surface area contributed by atoms with E-state index in [1.54, 1.807) is 18.1 Å². The molecule has 0 spiro atoms. The van der Waals surface area contributed by atoms with Crippen LogP contribution in [0.4, 0.5) is 10.1 Å². The Labute approximate surface area is 204 Å². The molecule has 1 N–H and O–H groups in total. The first-order valence-corrected chi connectivity index (χ1v) is 11.7. The van der Waals surface area contributed by atoms with Gasteiger partial charge in [0.1, 0.15) is 11.6 Å². The quantitative estimate of drug-likeness (QED) is 0.493. The summed E-state index contributed by atoms with van der Waals surface area (Å²) in [5.74, 6) is -0.134. The molecule has 35 heavy (non-hydrogen) atoms. The van der Waals surface area contributed by atoms with Crippen LogP contribution in [0.2, 0.25) is 0 Å². The SMILES string of the molecule is COc1ccc(CN(C(=O)c2cccc(F)c2)c2ccc(CC(=O)NC[C@@H]3CCCO3)cc2)cc1. The molecule has 1 aliphatic rings. The van der Waals surface area contributed by atoms with Crippen molar-refractivity contribution >= 4 is 17.5 Å². The normalized spacial score (nSPS) is 15.0. The van der Waals surface area contributed by atoms with Gasteiger partial charge < -0.3 is 19.7 Å². The van der Waals surface area contributed by atoms with Crippen molar-refractivity contribution in [1.29, 1.82) is 0 Å². The van der Waals surface area contributed by atoms with Crippen molar-refractivity contribution in [2.45, 2.75) is 31.9 Å². The molecule has 0 aromatic heterocycles. The molecule has 1 atom stereocenters. The van der Waals surface area contributed by atoms with Gasteiger partial charge in [-0.25, -0.2) is 4.39 Å². The van der Waals surface area contributed by atoms with Gasteiger partial charge >= 0.3 is 0 Å². The average Bonchev–Trinajstić information content (AvgIpc) is 3.40. The number of carbonyl (C=O) groups excluding carboxylic acids is 2. The second kappa shape index (κ2) is 11.6. The number of carbonyl (C=O) groups is 2. The van der Waals surface area contributed by atoms with Crippen LogP contribution in [-0.4, -0.2) is 38.2 Å². The van der Waals surface area contributed by atoms with E-state index in [1.165, 1.54) is 18.2 Å². The monoisotopic (exact) mass is 476 g/mol. The van der Waals surface area contributed by atoms with Crippen LogP contribution >= 0.6 is 0 Å². The molecule has 4 rings (SSSR count). The minimum Gasteiger partial charge on any atom is -0.497 e. The second-order valence-corrected chi connectivity index (χ2v) is 8.53. The van der Waals surface area contributed by atoms with Crippen molar-refractivity contribution in [2.24, 2.45) is 0 Å². The highest BCUT2D eigenvalue weighted by atomic mass is 19.1. The summed E-state index contributed by atoms with van der Waals surface area (Å²) in [5.41, 5.74) is 2.64. The van der Waals surface area contributed by atoms with Crippen molar-refractivity contribution in [3.63, 3.8) is 0 Å². The van der Waals surface area contributed by atoms with Gasteiger partial charge in [0.15, 0.2) is 0 Å². The van der Waals surface area contributed by atoms with Crippen molar-refractivity contribution < 1.29 is 23.5 Å². The summed E-state index contributed by atoms with van der Waals surface area (Å²) >= 11 is 0. The van der Waals surface area contributed by atoms with Gasteiger partial charge in [0, 0.05) is 24.4 Å². The molecule has 1 aliphatic heterocycles. The zero-order chi connectivity index (χ0) is 24.6. The third kappa shape index (κ3) is 6.67. The van der Waals surface area contributed by atoms with E-state index in [9.17, 15) is 14.0 Å². The number of ether oxygens (including phenoxy) is 2. The number of rotatable bonds is 9. The number of halogens is 1. The lowest BCUT2D eigenvalue weighted by atomic mass is 10.1. The predicted molar refractivity (Wildman–Crippen MR) is 132 cm³/mol. The maximum atomic E-state index is 13.8. The molecule has 182 valence electrons. The maximum absolute atomic E-state index is 13.8. The summed E-state index contributed by atoms with van der Waals surface area (Å²) in [5, 5.41) is 2.92. The molecular formula is C28H29FN2O4. The molecule has 1 fully saturated rings. The Morgan fingerprint density at radius 2 is 1.80 bits per heavy atom. The van der Waals surface area contributed by atoms with Crippen LogP contribution in [0, 0.1) is 5.82 Å². The highest BCUT2D eigenvalue weighted by Gasteiger charge is 2.20. The zero-order valence-electron chi connectivity index (χ0n) is 19.7. The largest absolute Gasteiger partial charge is 0.497 e. The van der Waals surface area contributed by atoms with Crippen molar-refractivity contribution in [3.05, 3.63) is 95.3 Å². The third-order valence-corrected chi connectivity index (χ3v) is 5.98. The van der Waals surface area contributed by atoms with E-state index in [0.717, 1.165) is 36.3 Å². The van der Waals surface area contributed by atoms with E-state index in [-0.39, 0.29) is 29.9 Å². The lowest BCUT2D eigenvalue weighted by Crippen LogP contribution is -2.32. The van der Waals surface area contributed by atoms with Gasteiger partial charge in [-0.3, -0.25) is 9.59 Å². The van der Waals surface area contributed by atoms with E-state index >= 15 is 0 Å². The van der Waals surface area contributed by atoms with Crippen LogP contribution in [0.5, 0.6) is 5.75 Å². The molecule has 3 aromatic rings. The first kappa shape index (κ1) is 24.4. The van der Waals surface area contributed by atoms with E-state index in [1.807, 2.05) is 48.5 Å². The molecule has 1 saturated heterocycles. The van der Waals surface area contributed by atoms with E-state index in [2.05, 4.69) is 5.32 Å². The zero-order valence-corrected chi connectivity index (χ0v) is 19.7. The lowest BCUT2D eigenvalue weighted by Gasteiger charge is -2.24. The van der Waals surface area contributed by atoms with Gasteiger partial charge in [-0.1, -0.05) is 30.3 Å². The number of anilines is 1. The molecule has 0 bridgehead atoms. The summed E-state index contributed by atoms with van der Waals surface area (Å²) < 4.78 is 24.6. The molecule has 1 heterocycles. The second-order valence-electron chi connectivity index (χ2n) is 8.53. The van der Waals surface area contributed by atoms with Crippen LogP contribution in [0.1, 0.15) is 34.3 Å². The van der Waals surface area contributed by atoms with E-state index in [0.29, 0.717) is 18.8 Å². The molecule has 3 aromatic carbocycles. The van der Waals surface area contributed by atoms with Gasteiger partial charge in [0.2, 0.25) is 5.91 Å². The minimum absolute atomic E-state index is 0.0702. The van der Waals surface area contributed by atoms with E-state index in [4.69, 9.17) is 9.47 Å². The van der Waals surface area contributed by atoms with Crippen molar-refractivity contribution in [1.82, 2.24) is 5.32 Å². The van der Waals surface area contributed by atoms with Crippen LogP contribution in [0.15, 0.2) is 72.8 Å². The number of nitrogens with zero attached hydrogens (tertiary/aromatic N) is 1. The van der Waals surface area contributed by atoms with Gasteiger partial charge in [-0.2, -0.15) is 0 Å². The van der Waals surface area contributed by atoms with Crippen LogP contribution < -0.4 is 15.0 Å². The van der Waals surface area contributed by atoms with Gasteiger partial charge in [-0.15, -0.1) is 0 Å². The standard InChI is InChI=1S/C28H29FN2O4/c1-34-25-13-9-21(10-14-25)19-31(28(33)22-4-2-5-23(29)17-22)24-11-7-20(8-12-24)16-27(32)30-18-26-6-3-15-35-26/h2,4-5,7-14,17,26H,3,6,15-16,18-19H2,1H3,(H,30,32)/t26-/m0/s1. The third-order valence-electron chi connectivity index (χ3n) is 5.98. The number of hydrogen-bond acceptors (Lipinski definition) is 4. The molecule has 0 aliphatic carbocycles. The Morgan fingerprint density at radius 1 is 1.06 bits per heavy atom. The van der Waals surface area contributed by atoms with Gasteiger partial charge in [0.05, 0.1) is 26.2 Å². The first-order valence-electron chi connectivity index (χ1n) is 11.7. The number of methoxy groups -OCH3 is 1. The van der Waals surface area contributed by atoms with Gasteiger partial charge in [0.25, 0.3) is 5.91 Å². The number of amides is 2. The topological polar surface area (TPSA) is 67.9 Å². The summed E-state index contributed by atoms with van der Waals surface area (Å²) in [7, 11) is 1.60. The number of hydrogen-bond donors (Lipinski definition) is 1. The summed E-state index contributed by atoms with van der Waals surface area (Å²) in [6, 6.07) is 20.4. The Kier molecular flexibility index (Phi) is 8.11. The fourth-order valence-electron chi connectivity index (χ4n) is 4.05. The summed E-state index contributed by atoms with van der Waals surface area (Å²) in [4.78, 5) is 27.3. The average molecular weight is 477 g/mol. The fourth-order valence-corrected chi connectivity index (χ4v) is 4.05. The van der Waals surface area contributed by atoms with E-state index < -0.39 is 5.82 Å². The Bertz CT molecular complexity index is 1140. The Hall–Kier alpha value is -3.71. The highest BCUT2D eigenvalue weighted by molar-refractivity contribution is 6.06. The van der Waals surface area contributed by atoms with Crippen molar-refractivity contribution in [2.75, 3.05) is 25.2 Å². The van der Waals surface area contributed by atoms with Crippen LogP contribution in [0.3, 0.4) is 0 Å². The predicted octanol–water partition coefficient (Wildman–Crippen LogP) is 4.52. The number of nitrogens with one attached hydrogen (secondary N) is 1. The highest BCUT2D eigenvalue weighted by Crippen LogP contribution is 2.23. The minimum atomic E-state index is -0.468. The van der Waals surface area contributed by atoms with Crippen molar-refractivity contribution in [3.8, 4) is 5.75 Å². The molecule has 0 radical (unpaired) electrons. The molecule has 2 amide bonds. The molecule has 6 nitrogen and oxygen atoms in total. The smallest absolute Gasteiger partial charge is 0.258 e. The van der Waals surface area contributed by atoms with Crippen LogP contribution in [0.25, 0.3) is 0 Å². The molecule has 7 heteroatoms. The first-order chi connectivity index (χ1) is 17.0. The lowest BCUT2D eigenvalue weighted by molar-refractivity contribution is -0.120.